The van der Waals surface area contributed by atoms with E-state index >= 15 is 0 Å². The van der Waals surface area contributed by atoms with E-state index in [-0.39, 0.29) is 0 Å². The average molecular weight is 485 g/mol. The van der Waals surface area contributed by atoms with E-state index in [9.17, 15) is 0 Å². The van der Waals surface area contributed by atoms with Crippen molar-refractivity contribution >= 4 is 30.0 Å². The molecule has 0 unspecified atom stereocenters. The van der Waals surface area contributed by atoms with Crippen molar-refractivity contribution in [1.29, 1.82) is 0 Å². The number of imidazole rings is 1. The molecule has 0 spiro atoms. The second kappa shape index (κ2) is 9.32. The summed E-state index contributed by atoms with van der Waals surface area (Å²) in [7, 11) is 0.556. The van der Waals surface area contributed by atoms with E-state index in [1.165, 1.54) is 0 Å². The first-order chi connectivity index (χ1) is 16.8. The van der Waals surface area contributed by atoms with Gasteiger partial charge in [-0.2, -0.15) is 5.10 Å². The molecule has 0 aliphatic carbocycles. The molecule has 35 heavy (non-hydrogen) atoms. The second-order valence-electron chi connectivity index (χ2n) is 10.2. The Bertz CT molecular complexity index is 1460. The van der Waals surface area contributed by atoms with E-state index in [2.05, 4.69) is 55.8 Å². The molecule has 3 aromatic carbocycles. The summed E-state index contributed by atoms with van der Waals surface area (Å²) in [5.41, 5.74) is 7.14. The van der Waals surface area contributed by atoms with Crippen LogP contribution in [0.15, 0.2) is 60.7 Å². The first-order valence-electron chi connectivity index (χ1n) is 12.0. The van der Waals surface area contributed by atoms with Crippen LogP contribution in [0, 0.1) is 6.92 Å². The SMILES string of the molecule is COc1cccc(-c2ccc3c(c2)c(-c2nc4ccccc4[nH]2)nn3COCC[Si](C)(C)C)c1C. The Hall–Kier alpha value is -3.42. The molecule has 0 amide bonds. The van der Waals surface area contributed by atoms with Crippen LogP contribution in [-0.4, -0.2) is 41.5 Å². The summed E-state index contributed by atoms with van der Waals surface area (Å²) in [6.45, 7) is 10.3. The van der Waals surface area contributed by atoms with Gasteiger partial charge in [-0.3, -0.25) is 0 Å². The van der Waals surface area contributed by atoms with Crippen molar-refractivity contribution in [2.45, 2.75) is 39.3 Å². The molecule has 1 N–H and O–H groups in total. The molecule has 6 nitrogen and oxygen atoms in total. The van der Waals surface area contributed by atoms with E-state index in [0.717, 1.165) is 68.5 Å². The Morgan fingerprint density at radius 1 is 1.00 bits per heavy atom. The topological polar surface area (TPSA) is 65.0 Å². The van der Waals surface area contributed by atoms with Crippen LogP contribution in [0.25, 0.3) is 44.6 Å². The van der Waals surface area contributed by atoms with Gasteiger partial charge in [0.25, 0.3) is 0 Å². The van der Waals surface area contributed by atoms with E-state index in [1.54, 1.807) is 7.11 Å². The third kappa shape index (κ3) is 4.74. The molecule has 0 atom stereocenters. The Kier molecular flexibility index (Phi) is 6.21. The first kappa shape index (κ1) is 23.3. The lowest BCUT2D eigenvalue weighted by Crippen LogP contribution is -2.22. The van der Waals surface area contributed by atoms with Crippen molar-refractivity contribution in [2.75, 3.05) is 13.7 Å². The predicted molar refractivity (Wildman–Crippen MR) is 146 cm³/mol. The van der Waals surface area contributed by atoms with Crippen molar-refractivity contribution < 1.29 is 9.47 Å². The number of nitrogens with one attached hydrogen (secondary N) is 1. The van der Waals surface area contributed by atoms with Gasteiger partial charge in [-0.1, -0.05) is 50.0 Å². The highest BCUT2D eigenvalue weighted by molar-refractivity contribution is 6.76. The number of nitrogens with zero attached hydrogens (tertiary/aromatic N) is 3. The minimum atomic E-state index is -1.15. The molecule has 2 heterocycles. The molecule has 5 rings (SSSR count). The Morgan fingerprint density at radius 2 is 1.83 bits per heavy atom. The Morgan fingerprint density at radius 3 is 2.60 bits per heavy atom. The van der Waals surface area contributed by atoms with E-state index in [0.29, 0.717) is 6.73 Å². The van der Waals surface area contributed by atoms with Crippen molar-refractivity contribution in [3.05, 3.63) is 66.2 Å². The highest BCUT2D eigenvalue weighted by Gasteiger charge is 2.18. The van der Waals surface area contributed by atoms with Crippen molar-refractivity contribution in [2.24, 2.45) is 0 Å². The van der Waals surface area contributed by atoms with Gasteiger partial charge in [0.05, 0.1) is 23.7 Å². The van der Waals surface area contributed by atoms with Crippen LogP contribution in [0.4, 0.5) is 0 Å². The number of hydrogen-bond donors (Lipinski definition) is 1. The normalized spacial score (nSPS) is 12.0. The zero-order valence-electron chi connectivity index (χ0n) is 21.1. The minimum absolute atomic E-state index is 0.415. The fourth-order valence-corrected chi connectivity index (χ4v) is 5.12. The maximum atomic E-state index is 6.06. The molecule has 0 aliphatic heterocycles. The fourth-order valence-electron chi connectivity index (χ4n) is 4.36. The lowest BCUT2D eigenvalue weighted by Gasteiger charge is -2.15. The van der Waals surface area contributed by atoms with Crippen LogP contribution < -0.4 is 4.74 Å². The van der Waals surface area contributed by atoms with Crippen LogP contribution in [0.3, 0.4) is 0 Å². The lowest BCUT2D eigenvalue weighted by molar-refractivity contribution is 0.0818. The lowest BCUT2D eigenvalue weighted by atomic mass is 9.98. The molecule has 0 bridgehead atoms. The zero-order chi connectivity index (χ0) is 24.6. The fraction of sp³-hybridized carbons (Fsp3) is 0.286. The highest BCUT2D eigenvalue weighted by atomic mass is 28.3. The predicted octanol–water partition coefficient (Wildman–Crippen LogP) is 6.88. The average Bonchev–Trinajstić information content (AvgIpc) is 3.42. The molecule has 2 aromatic heterocycles. The molecule has 0 fully saturated rings. The number of fused-ring (bicyclic) bond motifs is 2. The summed E-state index contributed by atoms with van der Waals surface area (Å²) in [4.78, 5) is 8.29. The summed E-state index contributed by atoms with van der Waals surface area (Å²) in [6.07, 6.45) is 0. The molecule has 0 saturated carbocycles. The molecule has 5 aromatic rings. The van der Waals surface area contributed by atoms with Crippen molar-refractivity contribution in [3.63, 3.8) is 0 Å². The summed E-state index contributed by atoms with van der Waals surface area (Å²) in [6, 6.07) is 21.8. The number of H-pyrrole nitrogens is 1. The summed E-state index contributed by atoms with van der Waals surface area (Å²) < 4.78 is 13.6. The molecule has 0 saturated heterocycles. The molecule has 7 heteroatoms. The van der Waals surface area contributed by atoms with Crippen molar-refractivity contribution in [3.8, 4) is 28.4 Å². The smallest absolute Gasteiger partial charge is 0.159 e. The third-order valence-electron chi connectivity index (χ3n) is 6.39. The van der Waals surface area contributed by atoms with Crippen LogP contribution in [-0.2, 0) is 11.5 Å². The van der Waals surface area contributed by atoms with Crippen LogP contribution in [0.5, 0.6) is 5.75 Å². The number of para-hydroxylation sites is 2. The second-order valence-corrected chi connectivity index (χ2v) is 15.8. The van der Waals surface area contributed by atoms with Crippen molar-refractivity contribution in [1.82, 2.24) is 19.7 Å². The number of rotatable bonds is 8. The van der Waals surface area contributed by atoms with Gasteiger partial charge in [-0.25, -0.2) is 9.67 Å². The minimum Gasteiger partial charge on any atom is -0.496 e. The number of aromatic amines is 1. The summed E-state index contributed by atoms with van der Waals surface area (Å²) in [5.74, 6) is 1.64. The van der Waals surface area contributed by atoms with Gasteiger partial charge in [0.15, 0.2) is 5.82 Å². The largest absolute Gasteiger partial charge is 0.496 e. The van der Waals surface area contributed by atoms with Gasteiger partial charge in [0, 0.05) is 20.1 Å². The van der Waals surface area contributed by atoms with E-state index in [4.69, 9.17) is 19.6 Å². The van der Waals surface area contributed by atoms with Gasteiger partial charge < -0.3 is 14.5 Å². The number of methoxy groups -OCH3 is 1. The van der Waals surface area contributed by atoms with Gasteiger partial charge in [-0.15, -0.1) is 0 Å². The van der Waals surface area contributed by atoms with Gasteiger partial charge in [0.1, 0.15) is 18.2 Å². The Labute approximate surface area is 206 Å². The van der Waals surface area contributed by atoms with Crippen LogP contribution >= 0.6 is 0 Å². The molecule has 180 valence electrons. The quantitative estimate of drug-likeness (QED) is 0.193. The summed E-state index contributed by atoms with van der Waals surface area (Å²) in [5, 5.41) is 6.00. The standard InChI is InChI=1S/C28H32N4O2Si/c1-19-21(9-8-12-26(19)33-2)20-13-14-25-22(17-20)27(28-29-23-10-6-7-11-24(23)30-28)31-32(25)18-34-15-16-35(3,4)5/h6-14,17H,15-16,18H2,1-5H3,(H,29,30). The zero-order valence-corrected chi connectivity index (χ0v) is 22.1. The number of benzene rings is 3. The number of hydrogen-bond acceptors (Lipinski definition) is 4. The summed E-state index contributed by atoms with van der Waals surface area (Å²) >= 11 is 0. The molecule has 0 aliphatic rings. The van der Waals surface area contributed by atoms with Gasteiger partial charge in [0.2, 0.25) is 0 Å². The van der Waals surface area contributed by atoms with Gasteiger partial charge in [-0.05, 0) is 60.0 Å². The van der Waals surface area contributed by atoms with E-state index in [1.807, 2.05) is 41.1 Å². The molecule has 0 radical (unpaired) electrons. The number of aromatic nitrogens is 4. The van der Waals surface area contributed by atoms with Crippen LogP contribution in [0.2, 0.25) is 25.7 Å². The molecular weight excluding hydrogens is 452 g/mol. The van der Waals surface area contributed by atoms with Gasteiger partial charge >= 0.3 is 0 Å². The number of ether oxygens (including phenoxy) is 2. The maximum absolute atomic E-state index is 6.06. The first-order valence-corrected chi connectivity index (χ1v) is 15.7. The highest BCUT2D eigenvalue weighted by Crippen LogP contribution is 2.35. The Balaban J connectivity index is 1.59. The molecular formula is C28H32N4O2Si. The monoisotopic (exact) mass is 484 g/mol. The van der Waals surface area contributed by atoms with E-state index < -0.39 is 8.07 Å². The maximum Gasteiger partial charge on any atom is 0.159 e. The third-order valence-corrected chi connectivity index (χ3v) is 8.09. The van der Waals surface area contributed by atoms with Crippen LogP contribution in [0.1, 0.15) is 5.56 Å².